The molecular formula is C27H24ClN3O3. The number of nitrogens with zero attached hydrogens (tertiary/aromatic N) is 2. The molecule has 3 aromatic carbocycles. The summed E-state index contributed by atoms with van der Waals surface area (Å²) in [6.07, 6.45) is 3.59. The first-order chi connectivity index (χ1) is 16.5. The first-order valence-electron chi connectivity index (χ1n) is 10.8. The van der Waals surface area contributed by atoms with E-state index in [0.29, 0.717) is 28.9 Å². The highest BCUT2D eigenvalue weighted by Crippen LogP contribution is 2.23. The zero-order chi connectivity index (χ0) is 23.8. The maximum Gasteiger partial charge on any atom is 0.338 e. The van der Waals surface area contributed by atoms with Crippen LogP contribution in [0.4, 0.5) is 0 Å². The van der Waals surface area contributed by atoms with Crippen LogP contribution in [0.2, 0.25) is 5.02 Å². The van der Waals surface area contributed by atoms with Gasteiger partial charge in [-0.2, -0.15) is 0 Å². The molecule has 6 nitrogen and oxygen atoms in total. The second-order valence-corrected chi connectivity index (χ2v) is 8.38. The standard InChI is InChI=1S/C27H24ClN3O3/c1-27(29-18-21-8-4-2-5-9-21,19-33-25(32)22-10-6-3-7-11-22)26-31-30-24(34-26)17-14-20-12-15-23(28)16-13-20/h2-17,29H,18-19H2,1H3/b17-14+. The third kappa shape index (κ3) is 6.19. The van der Waals surface area contributed by atoms with E-state index in [1.165, 1.54) is 0 Å². The molecule has 1 heterocycles. The molecular weight excluding hydrogens is 450 g/mol. The molecule has 0 saturated heterocycles. The third-order valence-corrected chi connectivity index (χ3v) is 5.48. The minimum absolute atomic E-state index is 0.0100. The number of hydrogen-bond donors (Lipinski definition) is 1. The van der Waals surface area contributed by atoms with Crippen LogP contribution in [0.5, 0.6) is 0 Å². The molecule has 0 saturated carbocycles. The lowest BCUT2D eigenvalue weighted by atomic mass is 10.0. The number of nitrogens with one attached hydrogen (secondary N) is 1. The number of ether oxygens (including phenoxy) is 1. The Morgan fingerprint density at radius 2 is 1.65 bits per heavy atom. The Morgan fingerprint density at radius 3 is 2.35 bits per heavy atom. The zero-order valence-electron chi connectivity index (χ0n) is 18.6. The SMILES string of the molecule is CC(COC(=O)c1ccccc1)(NCc1ccccc1)c1nnc(/C=C/c2ccc(Cl)cc2)o1. The first-order valence-corrected chi connectivity index (χ1v) is 11.2. The predicted molar refractivity (Wildman–Crippen MR) is 132 cm³/mol. The summed E-state index contributed by atoms with van der Waals surface area (Å²) in [5, 5.41) is 12.5. The molecule has 0 radical (unpaired) electrons. The van der Waals surface area contributed by atoms with Gasteiger partial charge in [0.25, 0.3) is 0 Å². The van der Waals surface area contributed by atoms with Gasteiger partial charge in [0, 0.05) is 17.6 Å². The van der Waals surface area contributed by atoms with Crippen LogP contribution in [0.25, 0.3) is 12.2 Å². The lowest BCUT2D eigenvalue weighted by molar-refractivity contribution is 0.0342. The minimum atomic E-state index is -0.903. The fraction of sp³-hybridized carbons (Fsp3) is 0.148. The molecule has 1 atom stereocenters. The molecule has 0 aliphatic rings. The van der Waals surface area contributed by atoms with E-state index in [1.807, 2.05) is 73.7 Å². The van der Waals surface area contributed by atoms with Crippen LogP contribution in [-0.2, 0) is 16.8 Å². The van der Waals surface area contributed by atoms with Gasteiger partial charge in [-0.1, -0.05) is 72.3 Å². The second kappa shape index (κ2) is 10.9. The van der Waals surface area contributed by atoms with E-state index < -0.39 is 11.5 Å². The fourth-order valence-electron chi connectivity index (χ4n) is 3.22. The number of esters is 1. The highest BCUT2D eigenvalue weighted by atomic mass is 35.5. The molecule has 0 spiro atoms. The lowest BCUT2D eigenvalue weighted by Gasteiger charge is -2.27. The van der Waals surface area contributed by atoms with Crippen molar-refractivity contribution in [3.05, 3.63) is 118 Å². The second-order valence-electron chi connectivity index (χ2n) is 7.94. The van der Waals surface area contributed by atoms with Gasteiger partial charge < -0.3 is 9.15 Å². The van der Waals surface area contributed by atoms with Crippen molar-refractivity contribution in [1.82, 2.24) is 15.5 Å². The fourth-order valence-corrected chi connectivity index (χ4v) is 3.34. The van der Waals surface area contributed by atoms with Gasteiger partial charge in [0.15, 0.2) is 0 Å². The Bertz CT molecular complexity index is 1240. The van der Waals surface area contributed by atoms with Gasteiger partial charge in [0.05, 0.1) is 5.56 Å². The lowest BCUT2D eigenvalue weighted by Crippen LogP contribution is -2.44. The zero-order valence-corrected chi connectivity index (χ0v) is 19.4. The van der Waals surface area contributed by atoms with Crippen LogP contribution < -0.4 is 5.32 Å². The first kappa shape index (κ1) is 23.4. The Morgan fingerprint density at radius 1 is 0.971 bits per heavy atom. The molecule has 4 rings (SSSR count). The number of carbonyl (C=O) groups excluding carboxylic acids is 1. The summed E-state index contributed by atoms with van der Waals surface area (Å²) >= 11 is 5.94. The average molecular weight is 474 g/mol. The highest BCUT2D eigenvalue weighted by Gasteiger charge is 2.34. The van der Waals surface area contributed by atoms with Crippen LogP contribution >= 0.6 is 11.6 Å². The smallest absolute Gasteiger partial charge is 0.338 e. The molecule has 7 heteroatoms. The van der Waals surface area contributed by atoms with Crippen molar-refractivity contribution >= 4 is 29.7 Å². The van der Waals surface area contributed by atoms with Crippen molar-refractivity contribution in [2.75, 3.05) is 6.61 Å². The van der Waals surface area contributed by atoms with Gasteiger partial charge in [0.2, 0.25) is 11.8 Å². The summed E-state index contributed by atoms with van der Waals surface area (Å²) in [7, 11) is 0. The minimum Gasteiger partial charge on any atom is -0.460 e. The molecule has 1 unspecified atom stereocenters. The quantitative estimate of drug-likeness (QED) is 0.312. The summed E-state index contributed by atoms with van der Waals surface area (Å²) in [6, 6.07) is 26.2. The van der Waals surface area contributed by atoms with Gasteiger partial charge in [-0.3, -0.25) is 5.32 Å². The topological polar surface area (TPSA) is 77.2 Å². The molecule has 34 heavy (non-hydrogen) atoms. The van der Waals surface area contributed by atoms with E-state index in [1.54, 1.807) is 30.3 Å². The maximum absolute atomic E-state index is 12.5. The Kier molecular flexibility index (Phi) is 7.52. The molecule has 0 fully saturated rings. The maximum atomic E-state index is 12.5. The van der Waals surface area contributed by atoms with Crippen LogP contribution in [-0.4, -0.2) is 22.8 Å². The predicted octanol–water partition coefficient (Wildman–Crippen LogP) is 5.76. The average Bonchev–Trinajstić information content (AvgIpc) is 3.37. The van der Waals surface area contributed by atoms with Crippen LogP contribution in [0.1, 0.15) is 40.2 Å². The van der Waals surface area contributed by atoms with Crippen molar-refractivity contribution in [3.8, 4) is 0 Å². The van der Waals surface area contributed by atoms with Crippen molar-refractivity contribution in [2.45, 2.75) is 19.0 Å². The molecule has 0 bridgehead atoms. The van der Waals surface area contributed by atoms with E-state index in [4.69, 9.17) is 20.8 Å². The van der Waals surface area contributed by atoms with Crippen molar-refractivity contribution in [2.24, 2.45) is 0 Å². The largest absolute Gasteiger partial charge is 0.460 e. The van der Waals surface area contributed by atoms with E-state index in [0.717, 1.165) is 11.1 Å². The van der Waals surface area contributed by atoms with E-state index in [9.17, 15) is 4.79 Å². The van der Waals surface area contributed by atoms with Gasteiger partial charge in [-0.15, -0.1) is 10.2 Å². The molecule has 1 N–H and O–H groups in total. The van der Waals surface area contributed by atoms with Crippen LogP contribution in [0, 0.1) is 0 Å². The number of hydrogen-bond acceptors (Lipinski definition) is 6. The summed E-state index contributed by atoms with van der Waals surface area (Å²) in [5.41, 5.74) is 1.60. The third-order valence-electron chi connectivity index (χ3n) is 5.23. The van der Waals surface area contributed by atoms with E-state index >= 15 is 0 Å². The Labute approximate surface area is 203 Å². The monoisotopic (exact) mass is 473 g/mol. The van der Waals surface area contributed by atoms with Crippen molar-refractivity contribution in [1.29, 1.82) is 0 Å². The van der Waals surface area contributed by atoms with E-state index in [2.05, 4.69) is 15.5 Å². The molecule has 1 aromatic heterocycles. The van der Waals surface area contributed by atoms with Crippen molar-refractivity contribution in [3.63, 3.8) is 0 Å². The normalized spacial score (nSPS) is 13.0. The van der Waals surface area contributed by atoms with Gasteiger partial charge in [0.1, 0.15) is 12.1 Å². The van der Waals surface area contributed by atoms with E-state index in [-0.39, 0.29) is 6.61 Å². The number of aromatic nitrogens is 2. The Balaban J connectivity index is 1.52. The molecule has 0 aliphatic carbocycles. The Hall–Kier alpha value is -3.74. The number of rotatable bonds is 9. The summed E-state index contributed by atoms with van der Waals surface area (Å²) < 4.78 is 11.6. The number of carbonyl (C=O) groups is 1. The highest BCUT2D eigenvalue weighted by molar-refractivity contribution is 6.30. The van der Waals surface area contributed by atoms with Gasteiger partial charge >= 0.3 is 5.97 Å². The van der Waals surface area contributed by atoms with Crippen LogP contribution in [0.3, 0.4) is 0 Å². The molecule has 172 valence electrons. The molecule has 0 amide bonds. The summed E-state index contributed by atoms with van der Waals surface area (Å²) in [5.74, 6) is 0.239. The summed E-state index contributed by atoms with van der Waals surface area (Å²) in [4.78, 5) is 12.5. The van der Waals surface area contributed by atoms with Gasteiger partial charge in [-0.05, 0) is 48.4 Å². The number of halogens is 1. The molecule has 0 aliphatic heterocycles. The van der Waals surface area contributed by atoms with Crippen LogP contribution in [0.15, 0.2) is 89.3 Å². The summed E-state index contributed by atoms with van der Waals surface area (Å²) in [6.45, 7) is 2.41. The number of benzene rings is 3. The van der Waals surface area contributed by atoms with Crippen molar-refractivity contribution < 1.29 is 13.9 Å². The molecule has 4 aromatic rings. The van der Waals surface area contributed by atoms with Gasteiger partial charge in [-0.25, -0.2) is 4.79 Å².